The minimum absolute atomic E-state index is 0.111. The van der Waals surface area contributed by atoms with Gasteiger partial charge in [-0.15, -0.1) is 0 Å². The van der Waals surface area contributed by atoms with Crippen LogP contribution in [0.15, 0.2) is 11.6 Å². The molecule has 0 aromatic carbocycles. The predicted molar refractivity (Wildman–Crippen MR) is 93.8 cm³/mol. The lowest BCUT2D eigenvalue weighted by Crippen LogP contribution is -2.58. The van der Waals surface area contributed by atoms with Crippen molar-refractivity contribution in [1.29, 1.82) is 0 Å². The molecule has 4 rings (SSSR count). The first-order valence-corrected chi connectivity index (χ1v) is 9.87. The third kappa shape index (κ3) is 2.13. The number of aliphatic hydroxyl groups excluding tert-OH is 1. The second-order valence-electron chi connectivity index (χ2n) is 9.41. The lowest BCUT2D eigenvalue weighted by atomic mass is 9.46. The Labute approximate surface area is 149 Å². The standard InChI is InChI=1S/C21H30O4/c1-19-8-5-14(23)11-13(19)3-4-15-16(19)6-9-20(2)17(15)7-10-21(20,25)18(24)12-22/h11,15-17,22,25H,3-10,12H2,1-2H3/t15?,16?,17?,19?,20-,21?/m0/s1. The monoisotopic (exact) mass is 346 g/mol. The Kier molecular flexibility index (Phi) is 3.83. The van der Waals surface area contributed by atoms with Crippen LogP contribution in [0.4, 0.5) is 0 Å². The highest BCUT2D eigenvalue weighted by Crippen LogP contribution is 2.67. The van der Waals surface area contributed by atoms with E-state index >= 15 is 0 Å². The fraction of sp³-hybridized carbons (Fsp3) is 0.810. The summed E-state index contributed by atoms with van der Waals surface area (Å²) in [6.45, 7) is 3.84. The van der Waals surface area contributed by atoms with E-state index in [1.165, 1.54) is 5.57 Å². The summed E-state index contributed by atoms with van der Waals surface area (Å²) in [5.41, 5.74) is -0.333. The molecule has 2 N–H and O–H groups in total. The summed E-state index contributed by atoms with van der Waals surface area (Å²) in [5.74, 6) is 1.26. The van der Waals surface area contributed by atoms with Gasteiger partial charge >= 0.3 is 0 Å². The van der Waals surface area contributed by atoms with Gasteiger partial charge in [0.15, 0.2) is 11.6 Å². The molecule has 0 spiro atoms. The average Bonchev–Trinajstić information content (AvgIpc) is 2.87. The first kappa shape index (κ1) is 17.4. The molecule has 0 aromatic rings. The van der Waals surface area contributed by atoms with Gasteiger partial charge < -0.3 is 10.2 Å². The molecule has 0 bridgehead atoms. The van der Waals surface area contributed by atoms with E-state index in [9.17, 15) is 19.8 Å². The Morgan fingerprint density at radius 1 is 1.12 bits per heavy atom. The lowest BCUT2D eigenvalue weighted by Gasteiger charge is -2.58. The van der Waals surface area contributed by atoms with Crippen molar-refractivity contribution in [2.75, 3.05) is 6.61 Å². The number of hydrogen-bond donors (Lipinski definition) is 2. The van der Waals surface area contributed by atoms with Crippen LogP contribution >= 0.6 is 0 Å². The second-order valence-corrected chi connectivity index (χ2v) is 9.41. The van der Waals surface area contributed by atoms with Gasteiger partial charge in [0.1, 0.15) is 12.2 Å². The summed E-state index contributed by atoms with van der Waals surface area (Å²) in [6.07, 6.45) is 8.72. The topological polar surface area (TPSA) is 74.6 Å². The van der Waals surface area contributed by atoms with E-state index in [1.807, 2.05) is 6.08 Å². The molecule has 0 aliphatic heterocycles. The predicted octanol–water partition coefficient (Wildman–Crippen LogP) is 2.81. The first-order valence-electron chi connectivity index (χ1n) is 9.87. The number of ketones is 2. The van der Waals surface area contributed by atoms with E-state index in [0.29, 0.717) is 30.6 Å². The van der Waals surface area contributed by atoms with Gasteiger partial charge in [0.2, 0.25) is 0 Å². The fourth-order valence-corrected chi connectivity index (χ4v) is 7.16. The van der Waals surface area contributed by atoms with Crippen molar-refractivity contribution in [2.24, 2.45) is 28.6 Å². The summed E-state index contributed by atoms with van der Waals surface area (Å²) in [7, 11) is 0. The zero-order valence-corrected chi connectivity index (χ0v) is 15.4. The number of allylic oxidation sites excluding steroid dienone is 1. The Hall–Kier alpha value is -1.00. The zero-order chi connectivity index (χ0) is 18.0. The van der Waals surface area contributed by atoms with Crippen LogP contribution in [-0.4, -0.2) is 34.0 Å². The third-order valence-electron chi connectivity index (χ3n) is 8.72. The van der Waals surface area contributed by atoms with Crippen molar-refractivity contribution >= 4 is 11.6 Å². The van der Waals surface area contributed by atoms with E-state index < -0.39 is 23.4 Å². The van der Waals surface area contributed by atoms with Crippen molar-refractivity contribution in [3.8, 4) is 0 Å². The van der Waals surface area contributed by atoms with Gasteiger partial charge in [0.05, 0.1) is 0 Å². The van der Waals surface area contributed by atoms with E-state index in [4.69, 9.17) is 0 Å². The highest BCUT2D eigenvalue weighted by atomic mass is 16.3. The summed E-state index contributed by atoms with van der Waals surface area (Å²) in [6, 6.07) is 0. The van der Waals surface area contributed by atoms with Gasteiger partial charge in [-0.2, -0.15) is 0 Å². The van der Waals surface area contributed by atoms with Crippen LogP contribution in [0.2, 0.25) is 0 Å². The molecular formula is C21H30O4. The number of rotatable bonds is 2. The number of hydrogen-bond acceptors (Lipinski definition) is 4. The van der Waals surface area contributed by atoms with Gasteiger partial charge in [-0.1, -0.05) is 19.4 Å². The lowest BCUT2D eigenvalue weighted by molar-refractivity contribution is -0.164. The summed E-state index contributed by atoms with van der Waals surface area (Å²) in [5, 5.41) is 20.5. The molecule has 3 fully saturated rings. The number of carbonyl (C=O) groups is 2. The zero-order valence-electron chi connectivity index (χ0n) is 15.4. The van der Waals surface area contributed by atoms with Gasteiger partial charge in [-0.3, -0.25) is 9.59 Å². The molecule has 4 heteroatoms. The van der Waals surface area contributed by atoms with Gasteiger partial charge in [0.25, 0.3) is 0 Å². The minimum atomic E-state index is -1.36. The molecule has 0 saturated heterocycles. The van der Waals surface area contributed by atoms with Crippen molar-refractivity contribution in [3.05, 3.63) is 11.6 Å². The van der Waals surface area contributed by atoms with Crippen LogP contribution in [0.1, 0.15) is 65.2 Å². The van der Waals surface area contributed by atoms with E-state index in [0.717, 1.165) is 38.5 Å². The van der Waals surface area contributed by atoms with Crippen LogP contribution in [0, 0.1) is 28.6 Å². The second kappa shape index (κ2) is 5.50. The Morgan fingerprint density at radius 2 is 1.84 bits per heavy atom. The number of fused-ring (bicyclic) bond motifs is 5. The quantitative estimate of drug-likeness (QED) is 0.806. The highest BCUT2D eigenvalue weighted by molar-refractivity contribution is 5.91. The van der Waals surface area contributed by atoms with Gasteiger partial charge in [-0.25, -0.2) is 0 Å². The maximum absolute atomic E-state index is 12.3. The van der Waals surface area contributed by atoms with Crippen LogP contribution in [0.3, 0.4) is 0 Å². The highest BCUT2D eigenvalue weighted by Gasteiger charge is 2.65. The van der Waals surface area contributed by atoms with Crippen LogP contribution in [0.5, 0.6) is 0 Å². The normalized spacial score (nSPS) is 49.0. The molecule has 0 heterocycles. The number of Topliss-reactive ketones (excluding diaryl/α,β-unsaturated/α-hetero) is 1. The largest absolute Gasteiger partial charge is 0.388 e. The Morgan fingerprint density at radius 3 is 2.56 bits per heavy atom. The molecule has 5 unspecified atom stereocenters. The summed E-state index contributed by atoms with van der Waals surface area (Å²) >= 11 is 0. The molecule has 4 aliphatic carbocycles. The molecule has 0 amide bonds. The van der Waals surface area contributed by atoms with Gasteiger partial charge in [-0.05, 0) is 74.2 Å². The molecule has 3 saturated carbocycles. The average molecular weight is 346 g/mol. The molecule has 0 aromatic heterocycles. The Balaban J connectivity index is 1.68. The van der Waals surface area contributed by atoms with Crippen molar-refractivity contribution in [2.45, 2.75) is 70.8 Å². The minimum Gasteiger partial charge on any atom is -0.388 e. The van der Waals surface area contributed by atoms with Crippen molar-refractivity contribution in [1.82, 2.24) is 0 Å². The van der Waals surface area contributed by atoms with Crippen LogP contribution < -0.4 is 0 Å². The third-order valence-corrected chi connectivity index (χ3v) is 8.72. The molecule has 4 nitrogen and oxygen atoms in total. The summed E-state index contributed by atoms with van der Waals surface area (Å²) < 4.78 is 0. The smallest absolute Gasteiger partial charge is 0.190 e. The number of carbonyl (C=O) groups excluding carboxylic acids is 2. The van der Waals surface area contributed by atoms with E-state index in [1.54, 1.807) is 0 Å². The Bertz CT molecular complexity index is 652. The van der Waals surface area contributed by atoms with Crippen molar-refractivity contribution in [3.63, 3.8) is 0 Å². The molecular weight excluding hydrogens is 316 g/mol. The molecule has 138 valence electrons. The number of aliphatic hydroxyl groups is 2. The van der Waals surface area contributed by atoms with Crippen molar-refractivity contribution < 1.29 is 19.8 Å². The van der Waals surface area contributed by atoms with Crippen LogP contribution in [-0.2, 0) is 9.59 Å². The molecule has 4 aliphatic rings. The van der Waals surface area contributed by atoms with Crippen LogP contribution in [0.25, 0.3) is 0 Å². The van der Waals surface area contributed by atoms with E-state index in [-0.39, 0.29) is 11.2 Å². The first-order chi connectivity index (χ1) is 11.8. The molecule has 0 radical (unpaired) electrons. The fourth-order valence-electron chi connectivity index (χ4n) is 7.16. The SMILES string of the molecule is CC12CCC(=O)C=C1CCC1C2CC[C@@]2(C)C1CCC2(O)C(=O)CO. The maximum atomic E-state index is 12.3. The molecule has 25 heavy (non-hydrogen) atoms. The summed E-state index contributed by atoms with van der Waals surface area (Å²) in [4.78, 5) is 24.2. The maximum Gasteiger partial charge on any atom is 0.190 e. The van der Waals surface area contributed by atoms with Gasteiger partial charge in [0, 0.05) is 11.8 Å². The van der Waals surface area contributed by atoms with E-state index in [2.05, 4.69) is 13.8 Å². The molecule has 6 atom stereocenters.